The fourth-order valence-corrected chi connectivity index (χ4v) is 10.4. The fraction of sp³-hybridized carbons (Fsp3) is 0.127. The van der Waals surface area contributed by atoms with E-state index in [4.69, 9.17) is 4.42 Å². The van der Waals surface area contributed by atoms with Crippen molar-refractivity contribution < 1.29 is 4.42 Å². The van der Waals surface area contributed by atoms with E-state index in [0.29, 0.717) is 0 Å². The number of fused-ring (bicyclic) bond motifs is 9. The molecule has 1 aromatic heterocycles. The molecular weight excluding hydrogens is 677 g/mol. The summed E-state index contributed by atoms with van der Waals surface area (Å²) in [7, 11) is 0. The van der Waals surface area contributed by atoms with Crippen LogP contribution in [0.4, 0.5) is 0 Å². The van der Waals surface area contributed by atoms with Crippen LogP contribution in [0, 0.1) is 0 Å². The number of furan rings is 1. The van der Waals surface area contributed by atoms with E-state index < -0.39 is 0 Å². The van der Waals surface area contributed by atoms with Crippen molar-refractivity contribution in [2.75, 3.05) is 0 Å². The number of hydrogen-bond donors (Lipinski definition) is 0. The molecule has 9 aromatic rings. The Kier molecular flexibility index (Phi) is 7.38. The molecule has 11 rings (SSSR count). The molecule has 0 aliphatic heterocycles. The molecule has 268 valence electrons. The van der Waals surface area contributed by atoms with Gasteiger partial charge in [0.1, 0.15) is 11.2 Å². The summed E-state index contributed by atoms with van der Waals surface area (Å²) in [5, 5.41) is 2.36. The Morgan fingerprint density at radius 2 is 1.00 bits per heavy atom. The van der Waals surface area contributed by atoms with E-state index in [-0.39, 0.29) is 16.7 Å². The van der Waals surface area contributed by atoms with Crippen molar-refractivity contribution in [3.63, 3.8) is 0 Å². The standard InChI is InChI=1S/C55H42O/c1-54(2)48-22-12-9-19-42(48)44-30-27-38(35-51(44)54)41(37-28-32-53-47(34-37)45-21-11-14-24-52(45)56-53)29-25-36-26-31-50-46(33-36)43-20-10-13-23-49(43)55(50,39-15-5-3-6-16-39)40-17-7-4-8-18-40/h3-24,26-28,30-35,41H,25,29H2,1-2H3. The Morgan fingerprint density at radius 3 is 1.77 bits per heavy atom. The molecule has 0 radical (unpaired) electrons. The zero-order valence-electron chi connectivity index (χ0n) is 31.8. The largest absolute Gasteiger partial charge is 0.456 e. The molecule has 56 heavy (non-hydrogen) atoms. The molecule has 0 amide bonds. The van der Waals surface area contributed by atoms with E-state index in [1.165, 1.54) is 83.1 Å². The van der Waals surface area contributed by atoms with E-state index in [9.17, 15) is 0 Å². The smallest absolute Gasteiger partial charge is 0.135 e. The summed E-state index contributed by atoms with van der Waals surface area (Å²) in [6.07, 6.45) is 1.94. The molecule has 1 nitrogen and oxygen atoms in total. The Balaban J connectivity index is 1.03. The van der Waals surface area contributed by atoms with Gasteiger partial charge in [0.15, 0.2) is 0 Å². The monoisotopic (exact) mass is 718 g/mol. The molecule has 2 aliphatic rings. The Labute approximate surface area is 328 Å². The van der Waals surface area contributed by atoms with Crippen LogP contribution in [0.15, 0.2) is 192 Å². The van der Waals surface area contributed by atoms with Crippen molar-refractivity contribution in [3.8, 4) is 22.3 Å². The molecule has 1 heterocycles. The molecule has 2 aliphatic carbocycles. The molecule has 1 unspecified atom stereocenters. The summed E-state index contributed by atoms with van der Waals surface area (Å²) in [4.78, 5) is 0. The summed E-state index contributed by atoms with van der Waals surface area (Å²) in [5.74, 6) is 0.200. The number of para-hydroxylation sites is 1. The van der Waals surface area contributed by atoms with Crippen LogP contribution in [0.2, 0.25) is 0 Å². The van der Waals surface area contributed by atoms with Crippen LogP contribution in [-0.4, -0.2) is 0 Å². The normalized spacial score (nSPS) is 15.0. The minimum Gasteiger partial charge on any atom is -0.456 e. The third-order valence-corrected chi connectivity index (χ3v) is 13.1. The Bertz CT molecular complexity index is 2910. The second-order valence-corrected chi connectivity index (χ2v) is 16.3. The quantitative estimate of drug-likeness (QED) is 0.160. The van der Waals surface area contributed by atoms with E-state index in [2.05, 4.69) is 202 Å². The molecule has 1 heteroatoms. The van der Waals surface area contributed by atoms with E-state index in [1.54, 1.807) is 0 Å². The first-order chi connectivity index (χ1) is 27.5. The predicted octanol–water partition coefficient (Wildman–Crippen LogP) is 14.0. The van der Waals surface area contributed by atoms with Gasteiger partial charge in [-0.05, 0) is 103 Å². The first-order valence-corrected chi connectivity index (χ1v) is 20.0. The molecule has 8 aromatic carbocycles. The van der Waals surface area contributed by atoms with Crippen molar-refractivity contribution in [2.24, 2.45) is 0 Å². The fourth-order valence-electron chi connectivity index (χ4n) is 10.4. The van der Waals surface area contributed by atoms with Gasteiger partial charge in [0.2, 0.25) is 0 Å². The van der Waals surface area contributed by atoms with Gasteiger partial charge in [0.25, 0.3) is 0 Å². The van der Waals surface area contributed by atoms with Crippen LogP contribution >= 0.6 is 0 Å². The number of hydrogen-bond acceptors (Lipinski definition) is 1. The minimum atomic E-state index is -0.382. The van der Waals surface area contributed by atoms with Crippen molar-refractivity contribution in [3.05, 3.63) is 238 Å². The van der Waals surface area contributed by atoms with Crippen molar-refractivity contribution in [2.45, 2.75) is 43.4 Å². The Hall–Kier alpha value is -6.44. The van der Waals surface area contributed by atoms with Gasteiger partial charge in [-0.25, -0.2) is 0 Å². The van der Waals surface area contributed by atoms with Gasteiger partial charge in [0.05, 0.1) is 5.41 Å². The van der Waals surface area contributed by atoms with Crippen molar-refractivity contribution >= 4 is 21.9 Å². The molecule has 0 spiro atoms. The lowest BCUT2D eigenvalue weighted by Gasteiger charge is -2.33. The molecule has 0 saturated heterocycles. The predicted molar refractivity (Wildman–Crippen MR) is 232 cm³/mol. The van der Waals surface area contributed by atoms with E-state index >= 15 is 0 Å². The maximum atomic E-state index is 6.30. The molecule has 0 saturated carbocycles. The summed E-state index contributed by atoms with van der Waals surface area (Å²) in [6, 6.07) is 70.1. The molecular formula is C55H42O. The van der Waals surface area contributed by atoms with Gasteiger partial charge in [-0.15, -0.1) is 0 Å². The van der Waals surface area contributed by atoms with Crippen molar-refractivity contribution in [1.29, 1.82) is 0 Å². The lowest BCUT2D eigenvalue weighted by Crippen LogP contribution is -2.28. The molecule has 0 bridgehead atoms. The second-order valence-electron chi connectivity index (χ2n) is 16.3. The van der Waals surface area contributed by atoms with Gasteiger partial charge in [-0.1, -0.05) is 184 Å². The Morgan fingerprint density at radius 1 is 0.429 bits per heavy atom. The lowest BCUT2D eigenvalue weighted by atomic mass is 9.67. The summed E-state index contributed by atoms with van der Waals surface area (Å²) >= 11 is 0. The first kappa shape index (κ1) is 32.9. The maximum absolute atomic E-state index is 6.30. The van der Waals surface area contributed by atoms with Crippen molar-refractivity contribution in [1.82, 2.24) is 0 Å². The topological polar surface area (TPSA) is 13.1 Å². The number of aryl methyl sites for hydroxylation is 1. The van der Waals surface area contributed by atoms with Gasteiger partial charge < -0.3 is 4.42 Å². The van der Waals surface area contributed by atoms with Gasteiger partial charge in [-0.2, -0.15) is 0 Å². The molecule has 0 N–H and O–H groups in total. The third-order valence-electron chi connectivity index (χ3n) is 13.1. The average molecular weight is 719 g/mol. The lowest BCUT2D eigenvalue weighted by molar-refractivity contribution is 0.654. The second kappa shape index (κ2) is 12.5. The zero-order valence-corrected chi connectivity index (χ0v) is 31.8. The number of rotatable bonds is 7. The van der Waals surface area contributed by atoms with Crippen LogP contribution < -0.4 is 0 Å². The van der Waals surface area contributed by atoms with E-state index in [0.717, 1.165) is 24.0 Å². The van der Waals surface area contributed by atoms with Gasteiger partial charge in [-0.3, -0.25) is 0 Å². The van der Waals surface area contributed by atoms with E-state index in [1.807, 2.05) is 0 Å². The van der Waals surface area contributed by atoms with Gasteiger partial charge >= 0.3 is 0 Å². The highest BCUT2D eigenvalue weighted by molar-refractivity contribution is 6.05. The maximum Gasteiger partial charge on any atom is 0.135 e. The van der Waals surface area contributed by atoms with Crippen LogP contribution in [0.1, 0.15) is 76.3 Å². The SMILES string of the molecule is CC1(C)c2ccccc2-c2ccc(C(CCc3ccc4c(c3)-c3ccccc3C4(c3ccccc3)c3ccccc3)c3ccc4oc5ccccc5c4c3)cc21. The molecule has 1 atom stereocenters. The van der Waals surface area contributed by atoms with Gasteiger partial charge in [0, 0.05) is 22.1 Å². The van der Waals surface area contributed by atoms with Crippen LogP contribution in [0.5, 0.6) is 0 Å². The van der Waals surface area contributed by atoms with Crippen LogP contribution in [-0.2, 0) is 17.3 Å². The summed E-state index contributed by atoms with van der Waals surface area (Å²) in [6.45, 7) is 4.76. The first-order valence-electron chi connectivity index (χ1n) is 20.0. The highest BCUT2D eigenvalue weighted by Gasteiger charge is 2.46. The van der Waals surface area contributed by atoms with Crippen LogP contribution in [0.25, 0.3) is 44.2 Å². The highest BCUT2D eigenvalue weighted by Crippen LogP contribution is 2.56. The third kappa shape index (κ3) is 4.80. The molecule has 0 fully saturated rings. The number of benzene rings is 8. The summed E-state index contributed by atoms with van der Waals surface area (Å²) < 4.78 is 6.30. The zero-order chi connectivity index (χ0) is 37.4. The highest BCUT2D eigenvalue weighted by atomic mass is 16.3. The minimum absolute atomic E-state index is 0.0609. The average Bonchev–Trinajstić information content (AvgIpc) is 3.85. The van der Waals surface area contributed by atoms with Crippen LogP contribution in [0.3, 0.4) is 0 Å². The summed E-state index contributed by atoms with van der Waals surface area (Å²) in [5.41, 5.74) is 19.0.